The number of nitrogens with one attached hydrogen (secondary N) is 2. The minimum Gasteiger partial charge on any atom is -0.372 e. The highest BCUT2D eigenvalue weighted by molar-refractivity contribution is 7.96. The molecule has 1 aromatic rings. The molecule has 0 bridgehead atoms. The minimum atomic E-state index is -3.23. The van der Waals surface area contributed by atoms with Crippen molar-refractivity contribution in [2.24, 2.45) is 11.8 Å². The van der Waals surface area contributed by atoms with Crippen molar-refractivity contribution in [3.63, 3.8) is 0 Å². The summed E-state index contributed by atoms with van der Waals surface area (Å²) in [5, 5.41) is 14.1. The summed E-state index contributed by atoms with van der Waals surface area (Å²) < 4.78 is 24.8. The van der Waals surface area contributed by atoms with Crippen LogP contribution in [0.4, 0.5) is 5.13 Å². The van der Waals surface area contributed by atoms with Gasteiger partial charge in [0, 0.05) is 6.54 Å². The van der Waals surface area contributed by atoms with Gasteiger partial charge in [0.25, 0.3) is 0 Å². The van der Waals surface area contributed by atoms with Gasteiger partial charge in [-0.25, -0.2) is 8.42 Å². The average Bonchev–Trinajstić information content (AvgIpc) is 3.18. The van der Waals surface area contributed by atoms with Gasteiger partial charge in [0.15, 0.2) is 9.84 Å². The van der Waals surface area contributed by atoms with Crippen molar-refractivity contribution in [2.45, 2.75) is 50.2 Å². The van der Waals surface area contributed by atoms with Gasteiger partial charge in [-0.3, -0.25) is 4.79 Å². The van der Waals surface area contributed by atoms with E-state index >= 15 is 0 Å². The molecule has 9 heteroatoms. The van der Waals surface area contributed by atoms with Gasteiger partial charge in [-0.1, -0.05) is 43.1 Å². The molecule has 4 rings (SSSR count). The standard InChI is InChI=1S/C18H24N4O3S2/c23-17(21-18-22-20-11-26-18)15(9-12-3-1-2-4-12)13-5-8-16(19-10-13)27(24,25)14-6-7-14/h5,8,11-12,14-15,19H,1-4,6-7,9-10H2,(H,21,22,23). The van der Waals surface area contributed by atoms with E-state index in [2.05, 4.69) is 20.8 Å². The zero-order valence-corrected chi connectivity index (χ0v) is 16.7. The first-order chi connectivity index (χ1) is 13.0. The zero-order valence-electron chi connectivity index (χ0n) is 15.1. The van der Waals surface area contributed by atoms with E-state index in [0.717, 1.165) is 37.7 Å². The molecule has 0 aromatic carbocycles. The highest BCUT2D eigenvalue weighted by atomic mass is 32.2. The van der Waals surface area contributed by atoms with E-state index in [1.165, 1.54) is 24.2 Å². The van der Waals surface area contributed by atoms with E-state index in [4.69, 9.17) is 0 Å². The molecule has 0 spiro atoms. The molecular formula is C18H24N4O3S2. The number of dihydropyridines is 1. The Hall–Kier alpha value is -1.74. The van der Waals surface area contributed by atoms with Crippen LogP contribution in [0, 0.1) is 11.8 Å². The Kier molecular flexibility index (Phi) is 5.32. The largest absolute Gasteiger partial charge is 0.372 e. The summed E-state index contributed by atoms with van der Waals surface area (Å²) in [5.41, 5.74) is 2.51. The van der Waals surface area contributed by atoms with Gasteiger partial charge < -0.3 is 10.6 Å². The first kappa shape index (κ1) is 18.6. The first-order valence-electron chi connectivity index (χ1n) is 9.49. The molecule has 27 heavy (non-hydrogen) atoms. The second-order valence-electron chi connectivity index (χ2n) is 7.54. The molecule has 1 aliphatic heterocycles. The number of carbonyl (C=O) groups excluding carboxylic acids is 1. The molecule has 0 radical (unpaired) electrons. The molecule has 2 N–H and O–H groups in total. The highest BCUT2D eigenvalue weighted by Gasteiger charge is 2.39. The molecule has 1 atom stereocenters. The zero-order chi connectivity index (χ0) is 18.9. The van der Waals surface area contributed by atoms with E-state index in [-0.39, 0.29) is 22.1 Å². The van der Waals surface area contributed by atoms with E-state index < -0.39 is 9.84 Å². The highest BCUT2D eigenvalue weighted by Crippen LogP contribution is 2.36. The molecule has 1 amide bonds. The molecule has 2 heterocycles. The predicted octanol–water partition coefficient (Wildman–Crippen LogP) is 2.62. The molecule has 146 valence electrons. The number of amides is 1. The monoisotopic (exact) mass is 408 g/mol. The fourth-order valence-corrected chi connectivity index (χ4v) is 6.00. The summed E-state index contributed by atoms with van der Waals surface area (Å²) in [6.07, 6.45) is 10.5. The number of hydrogen-bond acceptors (Lipinski definition) is 7. The van der Waals surface area contributed by atoms with Crippen LogP contribution in [0.1, 0.15) is 44.9 Å². The third kappa shape index (κ3) is 4.24. The second-order valence-corrected chi connectivity index (χ2v) is 10.6. The van der Waals surface area contributed by atoms with E-state index in [9.17, 15) is 13.2 Å². The molecule has 2 aliphatic carbocycles. The van der Waals surface area contributed by atoms with Crippen LogP contribution >= 0.6 is 11.3 Å². The van der Waals surface area contributed by atoms with Gasteiger partial charge in [-0.15, -0.1) is 10.2 Å². The van der Waals surface area contributed by atoms with Crippen LogP contribution in [0.15, 0.2) is 28.3 Å². The lowest BCUT2D eigenvalue weighted by molar-refractivity contribution is -0.119. The quantitative estimate of drug-likeness (QED) is 0.719. The summed E-state index contributed by atoms with van der Waals surface area (Å²) in [4.78, 5) is 12.9. The predicted molar refractivity (Wildman–Crippen MR) is 105 cm³/mol. The van der Waals surface area contributed by atoms with Crippen molar-refractivity contribution in [3.8, 4) is 0 Å². The fraction of sp³-hybridized carbons (Fsp3) is 0.611. The van der Waals surface area contributed by atoms with Crippen LogP contribution in [-0.4, -0.2) is 36.3 Å². The lowest BCUT2D eigenvalue weighted by Crippen LogP contribution is -2.34. The Labute approximate surface area is 163 Å². The smallest absolute Gasteiger partial charge is 0.233 e. The van der Waals surface area contributed by atoms with E-state index in [1.54, 1.807) is 11.6 Å². The van der Waals surface area contributed by atoms with Crippen molar-refractivity contribution in [1.82, 2.24) is 15.5 Å². The van der Waals surface area contributed by atoms with E-state index in [0.29, 0.717) is 17.6 Å². The van der Waals surface area contributed by atoms with Crippen LogP contribution in [0.5, 0.6) is 0 Å². The van der Waals surface area contributed by atoms with Crippen molar-refractivity contribution < 1.29 is 13.2 Å². The molecule has 7 nitrogen and oxygen atoms in total. The Morgan fingerprint density at radius 1 is 1.26 bits per heavy atom. The van der Waals surface area contributed by atoms with Gasteiger partial charge in [0.2, 0.25) is 11.0 Å². The Morgan fingerprint density at radius 2 is 2.04 bits per heavy atom. The number of carbonyl (C=O) groups is 1. The van der Waals surface area contributed by atoms with Crippen LogP contribution in [-0.2, 0) is 14.6 Å². The van der Waals surface area contributed by atoms with Crippen molar-refractivity contribution in [3.05, 3.63) is 28.3 Å². The molecule has 3 aliphatic rings. The number of sulfone groups is 1. The number of hydrogen-bond donors (Lipinski definition) is 2. The number of aromatic nitrogens is 2. The van der Waals surface area contributed by atoms with Gasteiger partial charge >= 0.3 is 0 Å². The van der Waals surface area contributed by atoms with E-state index in [1.807, 2.05) is 6.08 Å². The van der Waals surface area contributed by atoms with Crippen molar-refractivity contribution in [2.75, 3.05) is 11.9 Å². The summed E-state index contributed by atoms with van der Waals surface area (Å²) >= 11 is 1.29. The van der Waals surface area contributed by atoms with Crippen LogP contribution in [0.2, 0.25) is 0 Å². The van der Waals surface area contributed by atoms with Crippen LogP contribution in [0.25, 0.3) is 0 Å². The number of nitrogens with zero attached hydrogens (tertiary/aromatic N) is 2. The third-order valence-electron chi connectivity index (χ3n) is 5.58. The van der Waals surface area contributed by atoms with Gasteiger partial charge in [-0.05, 0) is 36.8 Å². The van der Waals surface area contributed by atoms with Crippen molar-refractivity contribution in [1.29, 1.82) is 0 Å². The number of rotatable bonds is 7. The second kappa shape index (κ2) is 7.71. The normalized spacial score (nSPS) is 21.9. The lowest BCUT2D eigenvalue weighted by Gasteiger charge is -2.25. The van der Waals surface area contributed by atoms with Gasteiger partial charge in [-0.2, -0.15) is 0 Å². The average molecular weight is 409 g/mol. The molecule has 1 aromatic heterocycles. The molecule has 1 unspecified atom stereocenters. The number of allylic oxidation sites excluding steroid dienone is 2. The summed E-state index contributed by atoms with van der Waals surface area (Å²) in [6, 6.07) is 0. The minimum absolute atomic E-state index is 0.0893. The topological polar surface area (TPSA) is 101 Å². The Balaban J connectivity index is 1.53. The maximum atomic E-state index is 12.9. The SMILES string of the molecule is O=C(Nc1nncs1)C(CC1CCCC1)C1=CC=C(S(=O)(=O)C2CC2)NC1. The number of anilines is 1. The fourth-order valence-electron chi connectivity index (χ4n) is 3.91. The van der Waals surface area contributed by atoms with Gasteiger partial charge in [0.1, 0.15) is 10.5 Å². The summed E-state index contributed by atoms with van der Waals surface area (Å²) in [5.74, 6) is 0.163. The summed E-state index contributed by atoms with van der Waals surface area (Å²) in [6.45, 7) is 0.388. The Morgan fingerprint density at radius 3 is 2.63 bits per heavy atom. The maximum Gasteiger partial charge on any atom is 0.233 e. The molecular weight excluding hydrogens is 384 g/mol. The van der Waals surface area contributed by atoms with Crippen molar-refractivity contribution >= 4 is 32.2 Å². The van der Waals surface area contributed by atoms with Crippen LogP contribution < -0.4 is 10.6 Å². The summed E-state index contributed by atoms with van der Waals surface area (Å²) in [7, 11) is -3.23. The molecule has 0 saturated heterocycles. The first-order valence-corrected chi connectivity index (χ1v) is 11.9. The molecule has 2 saturated carbocycles. The third-order valence-corrected chi connectivity index (χ3v) is 8.43. The lowest BCUT2D eigenvalue weighted by atomic mass is 9.86. The Bertz CT molecular complexity index is 851. The van der Waals surface area contributed by atoms with Gasteiger partial charge in [0.05, 0.1) is 11.2 Å². The molecule has 2 fully saturated rings. The van der Waals surface area contributed by atoms with Crippen LogP contribution in [0.3, 0.4) is 0 Å². The maximum absolute atomic E-state index is 12.9.